The largest absolute Gasteiger partial charge is 0.477 e. The van der Waals surface area contributed by atoms with Gasteiger partial charge in [0.25, 0.3) is 28.6 Å². The fourth-order valence-corrected chi connectivity index (χ4v) is 7.11. The number of hydrogen-bond donors (Lipinski definition) is 5. The van der Waals surface area contributed by atoms with Gasteiger partial charge in [-0.3, -0.25) is 24.0 Å². The number of ether oxygens (including phenoxy) is 2. The number of aryl methyl sites for hydroxylation is 2. The molecule has 0 unspecified atom stereocenters. The van der Waals surface area contributed by atoms with E-state index in [4.69, 9.17) is 10.8 Å². The summed E-state index contributed by atoms with van der Waals surface area (Å²) in [4.78, 5) is 116. The minimum absolute atomic E-state index is 0.000256. The first kappa shape index (κ1) is 54.5. The number of carbonyl (C=O) groups excluding carboxylic acids is 5. The lowest BCUT2D eigenvalue weighted by Gasteiger charge is -2.32. The van der Waals surface area contributed by atoms with Crippen molar-refractivity contribution in [3.63, 3.8) is 0 Å². The number of nitrogen functional groups attached to an aromatic ring is 1. The van der Waals surface area contributed by atoms with E-state index in [2.05, 4.69) is 55.3 Å². The van der Waals surface area contributed by atoms with Gasteiger partial charge in [-0.25, -0.2) is 43.1 Å². The number of amides is 3. The topological polar surface area (TPSA) is 318 Å². The van der Waals surface area contributed by atoms with Gasteiger partial charge in [0.05, 0.1) is 14.2 Å². The number of rotatable bonds is 13. The molecule has 3 amide bonds. The second-order valence-corrected chi connectivity index (χ2v) is 16.2. The van der Waals surface area contributed by atoms with Crippen molar-refractivity contribution in [2.24, 2.45) is 0 Å². The summed E-state index contributed by atoms with van der Waals surface area (Å²) in [6, 6.07) is 18.1. The van der Waals surface area contributed by atoms with Crippen LogP contribution in [0.3, 0.4) is 0 Å². The van der Waals surface area contributed by atoms with E-state index in [1.807, 2.05) is 18.2 Å². The van der Waals surface area contributed by atoms with Crippen LogP contribution in [0.1, 0.15) is 102 Å². The smallest absolute Gasteiger partial charge is 0.356 e. The molecule has 0 aliphatic carbocycles. The maximum absolute atomic E-state index is 13.3. The summed E-state index contributed by atoms with van der Waals surface area (Å²) >= 11 is 0. The van der Waals surface area contributed by atoms with E-state index >= 15 is 0 Å². The standard InChI is InChI=1S/C20H17N5O5.C15H13F2N3O3.C15H14FN3O3/c21-15-16(18(27)17(15)26)25-4-3-11-2-1-10(5-12(11)8-25)7-22-19(28)13-6-14(20(29)30)24-9-23-13;1-8-5-9(3-4-10(8)16)7-18-13(21)11-6-12(14(22)23-2)20-15(17)19-11;1-9-5-10(3-4-11(9)16)7-17-14(20)12-6-13(15(21)22-2)19-8-18-12/h1-2,5-6,9H,3-4,7-8,21H2,(H,22,28)(H,29,30);3-6H,7H2,1-2H3,(H,18,21);3-6,8H,7H2,1-2H3,(H,17,20). The number of carboxylic acid groups (broad SMARTS) is 1. The average Bonchev–Trinajstić information content (AvgIpc) is 3.42. The van der Waals surface area contributed by atoms with Crippen molar-refractivity contribution < 1.29 is 56.5 Å². The van der Waals surface area contributed by atoms with Crippen LogP contribution < -0.4 is 37.4 Å². The van der Waals surface area contributed by atoms with Gasteiger partial charge < -0.3 is 41.2 Å². The number of nitrogens with zero attached hydrogens (tertiary/aromatic N) is 7. The highest BCUT2D eigenvalue weighted by Gasteiger charge is 2.27. The van der Waals surface area contributed by atoms with Crippen LogP contribution >= 0.6 is 0 Å². The van der Waals surface area contributed by atoms with Gasteiger partial charge in [-0.05, 0) is 71.3 Å². The van der Waals surface area contributed by atoms with Gasteiger partial charge in [-0.2, -0.15) is 14.4 Å². The van der Waals surface area contributed by atoms with Crippen LogP contribution in [-0.4, -0.2) is 91.4 Å². The van der Waals surface area contributed by atoms with E-state index in [9.17, 15) is 51.5 Å². The first-order valence-electron chi connectivity index (χ1n) is 22.1. The molecule has 8 rings (SSSR count). The molecule has 75 heavy (non-hydrogen) atoms. The van der Waals surface area contributed by atoms with Crippen LogP contribution in [0.2, 0.25) is 0 Å². The Bertz CT molecular complexity index is 3420. The van der Waals surface area contributed by atoms with Gasteiger partial charge in [0.2, 0.25) is 0 Å². The van der Waals surface area contributed by atoms with Crippen LogP contribution in [0, 0.1) is 31.6 Å². The minimum atomic E-state index is -1.24. The maximum Gasteiger partial charge on any atom is 0.356 e. The molecule has 0 radical (unpaired) electrons. The fourth-order valence-electron chi connectivity index (χ4n) is 7.11. The van der Waals surface area contributed by atoms with Crippen molar-refractivity contribution >= 4 is 47.0 Å². The Hall–Kier alpha value is -9.81. The highest BCUT2D eigenvalue weighted by atomic mass is 19.1. The molecule has 6 N–H and O–H groups in total. The molecule has 22 nitrogen and oxygen atoms in total. The van der Waals surface area contributed by atoms with Crippen LogP contribution in [0.5, 0.6) is 0 Å². The Morgan fingerprint density at radius 2 is 1.05 bits per heavy atom. The average molecular weight is 1030 g/mol. The Morgan fingerprint density at radius 3 is 1.57 bits per heavy atom. The summed E-state index contributed by atoms with van der Waals surface area (Å²) in [5.41, 5.74) is 9.17. The van der Waals surface area contributed by atoms with Gasteiger partial charge in [-0.15, -0.1) is 0 Å². The zero-order valence-electron chi connectivity index (χ0n) is 40.2. The lowest BCUT2D eigenvalue weighted by Crippen LogP contribution is -2.44. The van der Waals surface area contributed by atoms with Crippen molar-refractivity contribution in [1.29, 1.82) is 0 Å². The lowest BCUT2D eigenvalue weighted by molar-refractivity contribution is 0.0584. The van der Waals surface area contributed by atoms with E-state index in [-0.39, 0.29) is 76.8 Å². The summed E-state index contributed by atoms with van der Waals surface area (Å²) in [5, 5.41) is 16.8. The molecule has 0 bridgehead atoms. The second-order valence-electron chi connectivity index (χ2n) is 16.2. The van der Waals surface area contributed by atoms with Crippen LogP contribution in [0.4, 0.5) is 24.5 Å². The predicted octanol–water partition coefficient (Wildman–Crippen LogP) is 3.27. The number of methoxy groups -OCH3 is 2. The Labute approximate surface area is 422 Å². The molecule has 25 heteroatoms. The molecule has 0 saturated heterocycles. The molecule has 7 aromatic rings. The number of hydrogen-bond acceptors (Lipinski definition) is 18. The molecule has 1 aliphatic rings. The SMILES string of the molecule is COC(=O)c1cc(C(=O)NCc2ccc(F)c(C)c2)nc(F)n1.COC(=O)c1cc(C(=O)NCc2ccc(F)c(C)c2)ncn1.Nc1c(N2CCc3ccc(CNC(=O)c4cc(C(=O)O)ncn4)cc3C2)c(=O)c1=O. The minimum Gasteiger partial charge on any atom is -0.477 e. The third-order valence-electron chi connectivity index (χ3n) is 11.1. The number of aromatic nitrogens is 6. The third kappa shape index (κ3) is 14.0. The quantitative estimate of drug-likeness (QED) is 0.0629. The monoisotopic (exact) mass is 1030 g/mol. The number of carbonyl (C=O) groups is 6. The van der Waals surface area contributed by atoms with E-state index in [0.717, 1.165) is 54.2 Å². The van der Waals surface area contributed by atoms with Crippen molar-refractivity contribution in [1.82, 2.24) is 45.9 Å². The highest BCUT2D eigenvalue weighted by molar-refractivity contribution is 5.96. The fraction of sp³-hybridized carbons (Fsp3) is 0.200. The summed E-state index contributed by atoms with van der Waals surface area (Å²) in [5.74, 6) is -5.09. The highest BCUT2D eigenvalue weighted by Crippen LogP contribution is 2.26. The number of anilines is 2. The van der Waals surface area contributed by atoms with E-state index in [1.165, 1.54) is 31.4 Å². The number of esters is 2. The molecule has 386 valence electrons. The van der Waals surface area contributed by atoms with Gasteiger partial charge in [0.1, 0.15) is 52.7 Å². The Kier molecular flexibility index (Phi) is 17.8. The van der Waals surface area contributed by atoms with E-state index in [1.54, 1.807) is 36.9 Å². The molecule has 0 fully saturated rings. The first-order chi connectivity index (χ1) is 35.8. The molecular weight excluding hydrogens is 988 g/mol. The second kappa shape index (κ2) is 24.5. The number of benzene rings is 3. The molecular formula is C50H44F3N11O11. The summed E-state index contributed by atoms with van der Waals surface area (Å²) in [6.45, 7) is 4.81. The molecule has 4 aromatic carbocycles. The van der Waals surface area contributed by atoms with Gasteiger partial charge >= 0.3 is 24.0 Å². The normalized spacial score (nSPS) is 11.4. The molecule has 0 saturated carbocycles. The Balaban J connectivity index is 0.000000186. The number of fused-ring (bicyclic) bond motifs is 1. The van der Waals surface area contributed by atoms with Crippen LogP contribution in [0.25, 0.3) is 0 Å². The van der Waals surface area contributed by atoms with Crippen molar-refractivity contribution in [3.8, 4) is 0 Å². The summed E-state index contributed by atoms with van der Waals surface area (Å²) in [6.07, 6.45) is 1.64. The molecule has 0 spiro atoms. The lowest BCUT2D eigenvalue weighted by atomic mass is 9.96. The molecule has 3 aromatic heterocycles. The molecule has 1 aliphatic heterocycles. The van der Waals surface area contributed by atoms with Gasteiger partial charge in [0.15, 0.2) is 17.1 Å². The zero-order valence-corrected chi connectivity index (χ0v) is 40.2. The van der Waals surface area contributed by atoms with Crippen molar-refractivity contribution in [3.05, 3.63) is 197 Å². The van der Waals surface area contributed by atoms with E-state index in [0.29, 0.717) is 36.2 Å². The molecule has 4 heterocycles. The maximum atomic E-state index is 13.3. The number of halogens is 3. The van der Waals surface area contributed by atoms with Crippen LogP contribution in [0.15, 0.2) is 95.0 Å². The summed E-state index contributed by atoms with van der Waals surface area (Å²) < 4.78 is 48.6. The van der Waals surface area contributed by atoms with Crippen molar-refractivity contribution in [2.75, 3.05) is 31.4 Å². The molecule has 0 atom stereocenters. The predicted molar refractivity (Wildman–Crippen MR) is 258 cm³/mol. The number of nitrogens with one attached hydrogen (secondary N) is 3. The Morgan fingerprint density at radius 1 is 0.600 bits per heavy atom. The van der Waals surface area contributed by atoms with Crippen LogP contribution in [-0.2, 0) is 42.1 Å². The summed E-state index contributed by atoms with van der Waals surface area (Å²) in [7, 11) is 2.33. The van der Waals surface area contributed by atoms with Gasteiger partial charge in [-0.1, -0.05) is 42.5 Å². The zero-order chi connectivity index (χ0) is 54.5. The number of carboxylic acids is 1. The van der Waals surface area contributed by atoms with Crippen molar-refractivity contribution in [2.45, 2.75) is 46.4 Å². The number of nitrogens with two attached hydrogens (primary N) is 1. The number of aromatic carboxylic acids is 1. The first-order valence-corrected chi connectivity index (χ1v) is 22.1. The van der Waals surface area contributed by atoms with E-state index < -0.39 is 52.6 Å². The van der Waals surface area contributed by atoms with Gasteiger partial charge in [0, 0.05) is 50.9 Å². The third-order valence-corrected chi connectivity index (χ3v) is 11.1.